The van der Waals surface area contributed by atoms with Crippen LogP contribution in [0.2, 0.25) is 0 Å². The Morgan fingerprint density at radius 2 is 1.85 bits per heavy atom. The molecule has 148 valence electrons. The molecule has 7 heteroatoms. The first kappa shape index (κ1) is 20.7. The average molecular weight is 373 g/mol. The van der Waals surface area contributed by atoms with Crippen LogP contribution < -0.4 is 15.4 Å². The van der Waals surface area contributed by atoms with Crippen LogP contribution in [-0.2, 0) is 20.0 Å². The number of nitrogens with one attached hydrogen (secondary N) is 2. The van der Waals surface area contributed by atoms with E-state index in [2.05, 4.69) is 44.9 Å². The van der Waals surface area contributed by atoms with Crippen molar-refractivity contribution in [2.24, 2.45) is 12.0 Å². The third kappa shape index (κ3) is 6.92. The minimum absolute atomic E-state index is 0.503. The molecule has 0 bridgehead atoms. The standard InChI is InChI=1S/C20H32N6O/c1-5-6-7-13-21-20(23-15-19-25-24-16(2)26(19)3)22-14-12-17-8-10-18(27-4)11-9-17/h8-11H,5-7,12-15H2,1-4H3,(H2,21,22,23). The van der Waals surface area contributed by atoms with Crippen LogP contribution in [0, 0.1) is 6.92 Å². The number of benzene rings is 1. The van der Waals surface area contributed by atoms with Crippen LogP contribution in [0.15, 0.2) is 29.3 Å². The summed E-state index contributed by atoms with van der Waals surface area (Å²) < 4.78 is 7.17. The minimum atomic E-state index is 0.503. The molecular formula is C20H32N6O. The summed E-state index contributed by atoms with van der Waals surface area (Å²) in [6.45, 7) is 6.38. The number of methoxy groups -OCH3 is 1. The first-order valence-electron chi connectivity index (χ1n) is 9.64. The maximum Gasteiger partial charge on any atom is 0.191 e. The molecule has 1 heterocycles. The smallest absolute Gasteiger partial charge is 0.191 e. The molecule has 0 unspecified atom stereocenters. The van der Waals surface area contributed by atoms with E-state index in [1.165, 1.54) is 18.4 Å². The van der Waals surface area contributed by atoms with E-state index in [4.69, 9.17) is 4.74 Å². The van der Waals surface area contributed by atoms with Crippen LogP contribution in [0.4, 0.5) is 0 Å². The van der Waals surface area contributed by atoms with Crippen molar-refractivity contribution < 1.29 is 4.74 Å². The second-order valence-corrected chi connectivity index (χ2v) is 6.55. The SMILES string of the molecule is CCCCCNC(=NCc1nnc(C)n1C)NCCc1ccc(OC)cc1. The number of aromatic nitrogens is 3. The highest BCUT2D eigenvalue weighted by atomic mass is 16.5. The van der Waals surface area contributed by atoms with Gasteiger partial charge in [0.25, 0.3) is 0 Å². The maximum absolute atomic E-state index is 5.20. The summed E-state index contributed by atoms with van der Waals surface area (Å²) in [6, 6.07) is 8.16. The fraction of sp³-hybridized carbons (Fsp3) is 0.550. The van der Waals surface area contributed by atoms with Gasteiger partial charge in [-0.05, 0) is 37.5 Å². The minimum Gasteiger partial charge on any atom is -0.497 e. The van der Waals surface area contributed by atoms with Gasteiger partial charge in [0, 0.05) is 20.1 Å². The van der Waals surface area contributed by atoms with Crippen molar-refractivity contribution in [2.45, 2.75) is 46.1 Å². The number of aryl methyl sites for hydroxylation is 1. The molecular weight excluding hydrogens is 340 g/mol. The zero-order valence-corrected chi connectivity index (χ0v) is 17.0. The maximum atomic E-state index is 5.20. The van der Waals surface area contributed by atoms with Crippen LogP contribution in [0.1, 0.15) is 43.4 Å². The third-order valence-electron chi connectivity index (χ3n) is 4.50. The van der Waals surface area contributed by atoms with Crippen LogP contribution in [-0.4, -0.2) is 40.9 Å². The second-order valence-electron chi connectivity index (χ2n) is 6.55. The van der Waals surface area contributed by atoms with Crippen molar-refractivity contribution in [1.29, 1.82) is 0 Å². The molecule has 7 nitrogen and oxygen atoms in total. The number of hydrogen-bond donors (Lipinski definition) is 2. The van der Waals surface area contributed by atoms with Crippen molar-refractivity contribution in [3.63, 3.8) is 0 Å². The number of ether oxygens (including phenoxy) is 1. The Hall–Kier alpha value is -2.57. The molecule has 2 N–H and O–H groups in total. The van der Waals surface area contributed by atoms with Gasteiger partial charge in [0.1, 0.15) is 18.1 Å². The third-order valence-corrected chi connectivity index (χ3v) is 4.50. The fourth-order valence-corrected chi connectivity index (χ4v) is 2.61. The number of aliphatic imine (C=N–C) groups is 1. The lowest BCUT2D eigenvalue weighted by Gasteiger charge is -2.13. The second kappa shape index (κ2) is 11.2. The van der Waals surface area contributed by atoms with Gasteiger partial charge in [-0.3, -0.25) is 0 Å². The lowest BCUT2D eigenvalue weighted by Crippen LogP contribution is -2.39. The van der Waals surface area contributed by atoms with E-state index in [0.29, 0.717) is 6.54 Å². The van der Waals surface area contributed by atoms with Crippen molar-refractivity contribution in [1.82, 2.24) is 25.4 Å². The summed E-state index contributed by atoms with van der Waals surface area (Å²) in [6.07, 6.45) is 4.48. The van der Waals surface area contributed by atoms with Gasteiger partial charge in [-0.2, -0.15) is 0 Å². The molecule has 2 rings (SSSR count). The Balaban J connectivity index is 1.89. The van der Waals surface area contributed by atoms with Gasteiger partial charge in [-0.15, -0.1) is 10.2 Å². The van der Waals surface area contributed by atoms with Crippen molar-refractivity contribution in [3.05, 3.63) is 41.5 Å². The van der Waals surface area contributed by atoms with E-state index in [9.17, 15) is 0 Å². The quantitative estimate of drug-likeness (QED) is 0.381. The molecule has 0 aliphatic rings. The molecule has 0 aliphatic carbocycles. The highest BCUT2D eigenvalue weighted by Crippen LogP contribution is 2.11. The summed E-state index contributed by atoms with van der Waals surface area (Å²) in [5, 5.41) is 15.1. The predicted molar refractivity (Wildman–Crippen MR) is 109 cm³/mol. The molecule has 0 saturated carbocycles. The molecule has 0 radical (unpaired) electrons. The zero-order chi connectivity index (χ0) is 19.5. The first-order chi connectivity index (χ1) is 13.1. The number of guanidine groups is 1. The van der Waals surface area contributed by atoms with E-state index in [1.54, 1.807) is 7.11 Å². The molecule has 0 aliphatic heterocycles. The van der Waals surface area contributed by atoms with E-state index >= 15 is 0 Å². The van der Waals surface area contributed by atoms with Crippen molar-refractivity contribution >= 4 is 5.96 Å². The molecule has 0 spiro atoms. The van der Waals surface area contributed by atoms with E-state index in [1.807, 2.05) is 30.7 Å². The topological polar surface area (TPSA) is 76.4 Å². The Bertz CT molecular complexity index is 708. The lowest BCUT2D eigenvalue weighted by molar-refractivity contribution is 0.414. The summed E-state index contributed by atoms with van der Waals surface area (Å²) in [5.74, 6) is 3.45. The van der Waals surface area contributed by atoms with Gasteiger partial charge >= 0.3 is 0 Å². The highest BCUT2D eigenvalue weighted by Gasteiger charge is 2.05. The molecule has 2 aromatic rings. The van der Waals surface area contributed by atoms with Crippen molar-refractivity contribution in [2.75, 3.05) is 20.2 Å². The highest BCUT2D eigenvalue weighted by molar-refractivity contribution is 5.79. The van der Waals surface area contributed by atoms with E-state index in [0.717, 1.165) is 49.3 Å². The van der Waals surface area contributed by atoms with Crippen LogP contribution >= 0.6 is 0 Å². The molecule has 0 fully saturated rings. The Morgan fingerprint density at radius 3 is 2.48 bits per heavy atom. The van der Waals surface area contributed by atoms with Gasteiger partial charge in [0.2, 0.25) is 0 Å². The largest absolute Gasteiger partial charge is 0.497 e. The van der Waals surface area contributed by atoms with Gasteiger partial charge < -0.3 is 19.9 Å². The Morgan fingerprint density at radius 1 is 1.11 bits per heavy atom. The molecule has 27 heavy (non-hydrogen) atoms. The lowest BCUT2D eigenvalue weighted by atomic mass is 10.1. The van der Waals surface area contributed by atoms with Crippen LogP contribution in [0.3, 0.4) is 0 Å². The van der Waals surface area contributed by atoms with Crippen LogP contribution in [0.5, 0.6) is 5.75 Å². The van der Waals surface area contributed by atoms with E-state index < -0.39 is 0 Å². The summed E-state index contributed by atoms with van der Waals surface area (Å²) in [4.78, 5) is 4.68. The predicted octanol–water partition coefficient (Wildman–Crippen LogP) is 2.60. The van der Waals surface area contributed by atoms with Gasteiger partial charge in [-0.25, -0.2) is 4.99 Å². The van der Waals surface area contributed by atoms with Gasteiger partial charge in [0.15, 0.2) is 11.8 Å². The monoisotopic (exact) mass is 372 g/mol. The normalized spacial score (nSPS) is 11.5. The molecule has 0 saturated heterocycles. The number of nitrogens with zero attached hydrogens (tertiary/aromatic N) is 4. The van der Waals surface area contributed by atoms with Crippen LogP contribution in [0.25, 0.3) is 0 Å². The zero-order valence-electron chi connectivity index (χ0n) is 17.0. The number of rotatable bonds is 10. The molecule has 0 amide bonds. The Kier molecular flexibility index (Phi) is 8.61. The van der Waals surface area contributed by atoms with Gasteiger partial charge in [0.05, 0.1) is 7.11 Å². The summed E-state index contributed by atoms with van der Waals surface area (Å²) in [7, 11) is 3.65. The molecule has 1 aromatic heterocycles. The average Bonchev–Trinajstić information content (AvgIpc) is 3.01. The summed E-state index contributed by atoms with van der Waals surface area (Å²) >= 11 is 0. The number of hydrogen-bond acceptors (Lipinski definition) is 4. The van der Waals surface area contributed by atoms with E-state index in [-0.39, 0.29) is 0 Å². The van der Waals surface area contributed by atoms with Crippen molar-refractivity contribution in [3.8, 4) is 5.75 Å². The number of unbranched alkanes of at least 4 members (excludes halogenated alkanes) is 2. The molecule has 1 aromatic carbocycles. The first-order valence-corrected chi connectivity index (χ1v) is 9.64. The Labute approximate surface area is 162 Å². The van der Waals surface area contributed by atoms with Gasteiger partial charge in [-0.1, -0.05) is 31.9 Å². The fourth-order valence-electron chi connectivity index (χ4n) is 2.61. The molecule has 0 atom stereocenters. The summed E-state index contributed by atoms with van der Waals surface area (Å²) in [5.41, 5.74) is 1.26.